The van der Waals surface area contributed by atoms with Crippen LogP contribution in [0.25, 0.3) is 0 Å². The Kier molecular flexibility index (Phi) is 4.42. The van der Waals surface area contributed by atoms with Crippen molar-refractivity contribution in [3.63, 3.8) is 0 Å². The number of hydrogen-bond donors (Lipinski definition) is 1. The van der Waals surface area contributed by atoms with E-state index in [1.807, 2.05) is 0 Å². The van der Waals surface area contributed by atoms with Gasteiger partial charge in [-0.2, -0.15) is 5.10 Å². The van der Waals surface area contributed by atoms with Gasteiger partial charge in [-0.3, -0.25) is 4.79 Å². The van der Waals surface area contributed by atoms with E-state index in [-0.39, 0.29) is 5.91 Å². The Hall–Kier alpha value is -1.56. The number of amides is 1. The van der Waals surface area contributed by atoms with Gasteiger partial charge in [-0.15, -0.1) is 0 Å². The lowest BCUT2D eigenvalue weighted by Crippen LogP contribution is -2.13. The molecule has 0 unspecified atom stereocenters. The van der Waals surface area contributed by atoms with Gasteiger partial charge in [0.2, 0.25) is 0 Å². The number of ether oxygens (including phenoxy) is 1. The van der Waals surface area contributed by atoms with Crippen molar-refractivity contribution < 1.29 is 9.53 Å². The molecule has 1 amide bonds. The third-order valence-electron chi connectivity index (χ3n) is 2.31. The summed E-state index contributed by atoms with van der Waals surface area (Å²) in [7, 11) is 1.55. The quantitative estimate of drug-likeness (QED) is 0.944. The van der Waals surface area contributed by atoms with E-state index in [2.05, 4.69) is 10.4 Å². The molecule has 1 heterocycles. The van der Waals surface area contributed by atoms with E-state index < -0.39 is 0 Å². The van der Waals surface area contributed by atoms with Crippen LogP contribution in [-0.4, -0.2) is 22.8 Å². The number of rotatable bonds is 4. The van der Waals surface area contributed by atoms with E-state index in [0.717, 1.165) is 0 Å². The van der Waals surface area contributed by atoms with Crippen LogP contribution in [0.15, 0.2) is 30.5 Å². The zero-order valence-corrected chi connectivity index (χ0v) is 11.6. The van der Waals surface area contributed by atoms with Gasteiger partial charge in [0.25, 0.3) is 5.91 Å². The lowest BCUT2D eigenvalue weighted by atomic mass is 10.3. The molecule has 19 heavy (non-hydrogen) atoms. The molecule has 0 saturated carbocycles. The predicted octanol–water partition coefficient (Wildman–Crippen LogP) is 3.05. The Labute approximate surface area is 120 Å². The van der Waals surface area contributed by atoms with Crippen LogP contribution in [0.2, 0.25) is 10.0 Å². The average molecular weight is 300 g/mol. The molecule has 0 aliphatic carbocycles. The third kappa shape index (κ3) is 3.47. The van der Waals surface area contributed by atoms with Gasteiger partial charge in [0, 0.05) is 19.0 Å². The smallest absolute Gasteiger partial charge is 0.276 e. The summed E-state index contributed by atoms with van der Waals surface area (Å²) in [6.07, 6.45) is 1.66. The number of halogens is 2. The van der Waals surface area contributed by atoms with Crippen molar-refractivity contribution >= 4 is 34.8 Å². The summed E-state index contributed by atoms with van der Waals surface area (Å²) in [6.45, 7) is 0.292. The maximum absolute atomic E-state index is 11.9. The molecule has 2 rings (SSSR count). The standard InChI is InChI=1S/C12H11Cl2N3O2/c1-19-7-17-5-4-11(16-17)12(18)15-8-2-3-9(13)10(14)6-8/h2-6H,7H2,1H3,(H,15,18). The van der Waals surface area contributed by atoms with Gasteiger partial charge in [0.15, 0.2) is 5.69 Å². The van der Waals surface area contributed by atoms with E-state index in [0.29, 0.717) is 28.2 Å². The minimum Gasteiger partial charge on any atom is -0.362 e. The summed E-state index contributed by atoms with van der Waals surface area (Å²) in [5.41, 5.74) is 0.851. The molecule has 0 aliphatic rings. The van der Waals surface area contributed by atoms with E-state index in [1.54, 1.807) is 37.6 Å². The second-order valence-corrected chi connectivity index (χ2v) is 4.56. The molecule has 1 aromatic heterocycles. The first kappa shape index (κ1) is 13.9. The first-order valence-electron chi connectivity index (χ1n) is 5.39. The van der Waals surface area contributed by atoms with Gasteiger partial charge < -0.3 is 10.1 Å². The van der Waals surface area contributed by atoms with Gasteiger partial charge in [0.1, 0.15) is 6.73 Å². The van der Waals surface area contributed by atoms with Gasteiger partial charge in [0.05, 0.1) is 10.0 Å². The number of nitrogens with zero attached hydrogens (tertiary/aromatic N) is 2. The molecule has 1 N–H and O–H groups in total. The predicted molar refractivity (Wildman–Crippen MR) is 73.7 cm³/mol. The van der Waals surface area contributed by atoms with Crippen LogP contribution in [0, 0.1) is 0 Å². The molecule has 0 bridgehead atoms. The first-order chi connectivity index (χ1) is 9.10. The molecule has 0 fully saturated rings. The van der Waals surface area contributed by atoms with Crippen molar-refractivity contribution in [2.24, 2.45) is 0 Å². The molecule has 0 spiro atoms. The normalized spacial score (nSPS) is 10.5. The molecule has 0 radical (unpaired) electrons. The number of anilines is 1. The van der Waals surface area contributed by atoms with Crippen molar-refractivity contribution in [2.75, 3.05) is 12.4 Å². The average Bonchev–Trinajstić information content (AvgIpc) is 2.83. The summed E-state index contributed by atoms with van der Waals surface area (Å²) in [4.78, 5) is 11.9. The number of hydrogen-bond acceptors (Lipinski definition) is 3. The SMILES string of the molecule is COCn1ccc(C(=O)Nc2ccc(Cl)c(Cl)c2)n1. The number of methoxy groups -OCH3 is 1. The Bertz CT molecular complexity index is 598. The van der Waals surface area contributed by atoms with Crippen molar-refractivity contribution in [2.45, 2.75) is 6.73 Å². The van der Waals surface area contributed by atoms with Crippen LogP contribution in [0.3, 0.4) is 0 Å². The van der Waals surface area contributed by atoms with Crippen LogP contribution in [0.1, 0.15) is 10.5 Å². The molecule has 2 aromatic rings. The number of carbonyl (C=O) groups is 1. The molecule has 1 aromatic carbocycles. The van der Waals surface area contributed by atoms with Crippen LogP contribution >= 0.6 is 23.2 Å². The largest absolute Gasteiger partial charge is 0.362 e. The summed E-state index contributed by atoms with van der Waals surface area (Å²) in [5, 5.41) is 7.55. The van der Waals surface area contributed by atoms with Crippen molar-refractivity contribution in [3.8, 4) is 0 Å². The summed E-state index contributed by atoms with van der Waals surface area (Å²) in [6, 6.07) is 6.46. The highest BCUT2D eigenvalue weighted by Gasteiger charge is 2.10. The lowest BCUT2D eigenvalue weighted by Gasteiger charge is -2.04. The van der Waals surface area contributed by atoms with Crippen molar-refractivity contribution in [1.82, 2.24) is 9.78 Å². The third-order valence-corrected chi connectivity index (χ3v) is 3.05. The molecule has 0 aliphatic heterocycles. The van der Waals surface area contributed by atoms with Crippen molar-refractivity contribution in [1.29, 1.82) is 0 Å². The van der Waals surface area contributed by atoms with Gasteiger partial charge >= 0.3 is 0 Å². The highest BCUT2D eigenvalue weighted by molar-refractivity contribution is 6.42. The molecular formula is C12H11Cl2N3O2. The summed E-state index contributed by atoms with van der Waals surface area (Å²) >= 11 is 11.7. The van der Waals surface area contributed by atoms with E-state index in [9.17, 15) is 4.79 Å². The second-order valence-electron chi connectivity index (χ2n) is 3.74. The minimum atomic E-state index is -0.326. The van der Waals surface area contributed by atoms with Crippen LogP contribution in [0.5, 0.6) is 0 Å². The topological polar surface area (TPSA) is 56.1 Å². The maximum atomic E-state index is 11.9. The Morgan fingerprint density at radius 1 is 1.37 bits per heavy atom. The van der Waals surface area contributed by atoms with Crippen LogP contribution in [-0.2, 0) is 11.5 Å². The zero-order chi connectivity index (χ0) is 13.8. The Morgan fingerprint density at radius 2 is 2.16 bits per heavy atom. The van der Waals surface area contributed by atoms with Crippen LogP contribution < -0.4 is 5.32 Å². The number of nitrogens with one attached hydrogen (secondary N) is 1. The van der Waals surface area contributed by atoms with Crippen LogP contribution in [0.4, 0.5) is 5.69 Å². The van der Waals surface area contributed by atoms with Gasteiger partial charge in [-0.1, -0.05) is 23.2 Å². The van der Waals surface area contributed by atoms with Gasteiger partial charge in [-0.05, 0) is 24.3 Å². The second kappa shape index (κ2) is 6.06. The molecule has 5 nitrogen and oxygen atoms in total. The zero-order valence-electron chi connectivity index (χ0n) is 10.1. The van der Waals surface area contributed by atoms with Gasteiger partial charge in [-0.25, -0.2) is 4.68 Å². The van der Waals surface area contributed by atoms with Crippen molar-refractivity contribution in [3.05, 3.63) is 46.2 Å². The molecule has 100 valence electrons. The van der Waals surface area contributed by atoms with E-state index in [4.69, 9.17) is 27.9 Å². The molecule has 0 atom stereocenters. The number of carbonyl (C=O) groups excluding carboxylic acids is 1. The highest BCUT2D eigenvalue weighted by Crippen LogP contribution is 2.25. The lowest BCUT2D eigenvalue weighted by molar-refractivity contribution is 0.101. The molecule has 7 heteroatoms. The summed E-state index contributed by atoms with van der Waals surface area (Å²) in [5.74, 6) is -0.326. The van der Waals surface area contributed by atoms with E-state index >= 15 is 0 Å². The Balaban J connectivity index is 2.09. The highest BCUT2D eigenvalue weighted by atomic mass is 35.5. The first-order valence-corrected chi connectivity index (χ1v) is 6.14. The molecule has 0 saturated heterocycles. The fraction of sp³-hybridized carbons (Fsp3) is 0.167. The van der Waals surface area contributed by atoms with E-state index in [1.165, 1.54) is 4.68 Å². The summed E-state index contributed by atoms with van der Waals surface area (Å²) < 4.78 is 6.42. The molecular weight excluding hydrogens is 289 g/mol. The fourth-order valence-electron chi connectivity index (χ4n) is 1.46. The minimum absolute atomic E-state index is 0.292. The number of aromatic nitrogens is 2. The Morgan fingerprint density at radius 3 is 2.84 bits per heavy atom. The fourth-order valence-corrected chi connectivity index (χ4v) is 1.75. The number of benzene rings is 1. The monoisotopic (exact) mass is 299 g/mol. The maximum Gasteiger partial charge on any atom is 0.276 e.